The quantitative estimate of drug-likeness (QED) is 0.159. The van der Waals surface area contributed by atoms with E-state index in [9.17, 15) is 19.2 Å². The summed E-state index contributed by atoms with van der Waals surface area (Å²) in [5, 5.41) is 5.52. The largest absolute Gasteiger partial charge is 0.369 e. The molecule has 0 saturated heterocycles. The van der Waals surface area contributed by atoms with Gasteiger partial charge in [-0.05, 0) is 75.5 Å². The first-order valence-electron chi connectivity index (χ1n) is 19.1. The summed E-state index contributed by atoms with van der Waals surface area (Å²) in [7, 11) is 0. The van der Waals surface area contributed by atoms with E-state index in [0.29, 0.717) is 57.2 Å². The molecule has 5 atom stereocenters. The van der Waals surface area contributed by atoms with Gasteiger partial charge in [-0.15, -0.1) is 0 Å². The monoisotopic (exact) mass is 646 g/mol. The number of carbonyl (C=O) groups excluding carboxylic acids is 4. The average molecular weight is 646 g/mol. The van der Waals surface area contributed by atoms with Gasteiger partial charge in [0, 0.05) is 56.4 Å². The van der Waals surface area contributed by atoms with Crippen molar-refractivity contribution >= 4 is 23.6 Å². The summed E-state index contributed by atoms with van der Waals surface area (Å²) >= 11 is 0. The molecule has 5 unspecified atom stereocenters. The molecule has 9 nitrogen and oxygen atoms in total. The molecule has 264 valence electrons. The zero-order valence-corrected chi connectivity index (χ0v) is 29.7. The predicted octanol–water partition coefficient (Wildman–Crippen LogP) is 5.96. The number of primary amides is 1. The van der Waals surface area contributed by atoms with Crippen LogP contribution in [-0.2, 0) is 19.2 Å². The van der Waals surface area contributed by atoms with Crippen molar-refractivity contribution in [3.05, 3.63) is 0 Å². The summed E-state index contributed by atoms with van der Waals surface area (Å²) < 4.78 is 0. The van der Waals surface area contributed by atoms with Crippen LogP contribution in [0.1, 0.15) is 143 Å². The van der Waals surface area contributed by atoms with Crippen molar-refractivity contribution < 1.29 is 19.2 Å². The lowest BCUT2D eigenvalue weighted by molar-refractivity contribution is -0.141. The number of nitrogens with one attached hydrogen (secondary N) is 2. The zero-order chi connectivity index (χ0) is 33.5. The van der Waals surface area contributed by atoms with Gasteiger partial charge in [-0.2, -0.15) is 0 Å². The Morgan fingerprint density at radius 1 is 0.739 bits per heavy atom. The highest BCUT2D eigenvalue weighted by Gasteiger charge is 2.40. The van der Waals surface area contributed by atoms with Crippen LogP contribution in [0.25, 0.3) is 0 Å². The Bertz CT molecular complexity index is 942. The van der Waals surface area contributed by atoms with Crippen molar-refractivity contribution in [2.24, 2.45) is 41.2 Å². The molecule has 46 heavy (non-hydrogen) atoms. The lowest BCUT2D eigenvalue weighted by Gasteiger charge is -2.37. The third kappa shape index (κ3) is 12.5. The summed E-state index contributed by atoms with van der Waals surface area (Å²) in [5.74, 6) is -0.410. The van der Waals surface area contributed by atoms with Gasteiger partial charge < -0.3 is 16.0 Å². The van der Waals surface area contributed by atoms with Gasteiger partial charge in [-0.1, -0.05) is 79.1 Å². The van der Waals surface area contributed by atoms with Crippen LogP contribution < -0.4 is 16.5 Å². The Hall–Kier alpha value is -2.16. The Morgan fingerprint density at radius 2 is 1.28 bits per heavy atom. The molecule has 3 rings (SSSR count). The number of nitrogens with two attached hydrogens (primary N) is 1. The third-order valence-corrected chi connectivity index (χ3v) is 10.9. The lowest BCUT2D eigenvalue weighted by Crippen LogP contribution is -2.52. The number of hydrazine groups is 1. The highest BCUT2D eigenvalue weighted by Crippen LogP contribution is 2.36. The van der Waals surface area contributed by atoms with E-state index in [2.05, 4.69) is 43.4 Å². The Kier molecular flexibility index (Phi) is 16.9. The fourth-order valence-electron chi connectivity index (χ4n) is 8.43. The van der Waals surface area contributed by atoms with Crippen LogP contribution in [0.4, 0.5) is 0 Å². The molecule has 0 aliphatic heterocycles. The molecule has 0 aromatic carbocycles. The normalized spacial score (nSPS) is 24.2. The van der Waals surface area contributed by atoms with Crippen molar-refractivity contribution in [3.63, 3.8) is 0 Å². The molecule has 4 N–H and O–H groups in total. The fraction of sp³-hybridized carbons (Fsp3) is 0.892. The summed E-state index contributed by atoms with van der Waals surface area (Å²) in [4.78, 5) is 55.0. The van der Waals surface area contributed by atoms with E-state index in [0.717, 1.165) is 45.1 Å². The molecule has 4 amide bonds. The maximum Gasteiger partial charge on any atom is 0.234 e. The van der Waals surface area contributed by atoms with Crippen LogP contribution in [0.15, 0.2) is 0 Å². The van der Waals surface area contributed by atoms with E-state index < -0.39 is 17.7 Å². The summed E-state index contributed by atoms with van der Waals surface area (Å²) in [6.07, 6.45) is 17.6. The van der Waals surface area contributed by atoms with Gasteiger partial charge in [0.2, 0.25) is 23.6 Å². The van der Waals surface area contributed by atoms with Gasteiger partial charge >= 0.3 is 0 Å². The van der Waals surface area contributed by atoms with Gasteiger partial charge in [-0.3, -0.25) is 24.6 Å². The van der Waals surface area contributed by atoms with Gasteiger partial charge in [0.1, 0.15) is 0 Å². The molecule has 3 fully saturated rings. The second-order valence-corrected chi connectivity index (χ2v) is 15.0. The van der Waals surface area contributed by atoms with E-state index in [1.807, 2.05) is 4.90 Å². The number of carbonyl (C=O) groups is 4. The average Bonchev–Trinajstić information content (AvgIpc) is 3.04. The van der Waals surface area contributed by atoms with E-state index in [4.69, 9.17) is 5.73 Å². The number of hydrogen-bond donors (Lipinski definition) is 3. The Labute approximate surface area is 279 Å². The minimum absolute atomic E-state index is 0.0509. The standard InChI is InChI=1S/C37H67N5O4/c1-5-18-41(19-6-2)37(46)32-24-30(35(38)44)23-31(25-32)36(45)39-33(21-28-14-10-8-11-15-28)27(4)26-42(20-7-3)40-34(43)22-29-16-12-9-13-17-29/h27-33H,5-26H2,1-4H3,(H2,38,44)(H,39,45)(H,40,43). The molecule has 0 heterocycles. The number of amides is 4. The fourth-order valence-corrected chi connectivity index (χ4v) is 8.43. The lowest BCUT2D eigenvalue weighted by atomic mass is 9.73. The first-order valence-corrected chi connectivity index (χ1v) is 19.1. The molecule has 3 saturated carbocycles. The van der Waals surface area contributed by atoms with Crippen molar-refractivity contribution in [2.75, 3.05) is 26.2 Å². The first-order chi connectivity index (χ1) is 22.1. The number of hydrogen-bond acceptors (Lipinski definition) is 5. The minimum atomic E-state index is -0.475. The minimum Gasteiger partial charge on any atom is -0.369 e. The molecule has 0 aromatic rings. The highest BCUT2D eigenvalue weighted by atomic mass is 16.2. The van der Waals surface area contributed by atoms with E-state index in [1.165, 1.54) is 51.4 Å². The molecule has 3 aliphatic rings. The first kappa shape index (κ1) is 38.3. The smallest absolute Gasteiger partial charge is 0.234 e. The SMILES string of the molecule is CCCN(CC(C)C(CC1CCCCC1)NC(=O)C1CC(C(N)=O)CC(C(=O)N(CCC)CCC)C1)NC(=O)CC1CCCCC1. The molecule has 0 spiro atoms. The molecule has 0 bridgehead atoms. The molecule has 9 heteroatoms. The van der Waals surface area contributed by atoms with Crippen LogP contribution in [-0.4, -0.2) is 65.8 Å². The summed E-state index contributed by atoms with van der Waals surface area (Å²) in [5.41, 5.74) is 9.03. The molecule has 0 radical (unpaired) electrons. The number of rotatable bonds is 18. The van der Waals surface area contributed by atoms with Crippen LogP contribution in [0, 0.1) is 35.5 Å². The van der Waals surface area contributed by atoms with Gasteiger partial charge in [0.15, 0.2) is 0 Å². The second-order valence-electron chi connectivity index (χ2n) is 15.0. The maximum atomic E-state index is 14.1. The van der Waals surface area contributed by atoms with Crippen molar-refractivity contribution in [2.45, 2.75) is 149 Å². The van der Waals surface area contributed by atoms with Gasteiger partial charge in [-0.25, -0.2) is 5.01 Å². The Balaban J connectivity index is 1.71. The maximum absolute atomic E-state index is 14.1. The predicted molar refractivity (Wildman–Crippen MR) is 184 cm³/mol. The highest BCUT2D eigenvalue weighted by molar-refractivity contribution is 5.85. The van der Waals surface area contributed by atoms with Gasteiger partial charge in [0.25, 0.3) is 0 Å². The van der Waals surface area contributed by atoms with Crippen LogP contribution in [0.3, 0.4) is 0 Å². The third-order valence-electron chi connectivity index (χ3n) is 10.9. The summed E-state index contributed by atoms with van der Waals surface area (Å²) in [6.45, 7) is 11.3. The van der Waals surface area contributed by atoms with Crippen molar-refractivity contribution in [1.29, 1.82) is 0 Å². The molecular weight excluding hydrogens is 578 g/mol. The topological polar surface area (TPSA) is 125 Å². The van der Waals surface area contributed by atoms with Crippen LogP contribution in [0.2, 0.25) is 0 Å². The van der Waals surface area contributed by atoms with E-state index in [-0.39, 0.29) is 35.6 Å². The van der Waals surface area contributed by atoms with Gasteiger partial charge in [0.05, 0.1) is 0 Å². The van der Waals surface area contributed by atoms with E-state index >= 15 is 0 Å². The van der Waals surface area contributed by atoms with Crippen LogP contribution in [0.5, 0.6) is 0 Å². The number of nitrogens with zero attached hydrogens (tertiary/aromatic N) is 2. The van der Waals surface area contributed by atoms with Crippen molar-refractivity contribution in [3.8, 4) is 0 Å². The summed E-state index contributed by atoms with van der Waals surface area (Å²) in [6, 6.07) is -0.0509. The zero-order valence-electron chi connectivity index (χ0n) is 29.7. The van der Waals surface area contributed by atoms with Crippen LogP contribution >= 0.6 is 0 Å². The molecular formula is C37H67N5O4. The molecule has 0 aromatic heterocycles. The Morgan fingerprint density at radius 3 is 1.85 bits per heavy atom. The second kappa shape index (κ2) is 20.3. The molecule has 3 aliphatic carbocycles. The van der Waals surface area contributed by atoms with Crippen molar-refractivity contribution in [1.82, 2.24) is 20.7 Å². The van der Waals surface area contributed by atoms with E-state index in [1.54, 1.807) is 0 Å².